The zero-order valence-corrected chi connectivity index (χ0v) is 14.8. The number of halogens is 1. The van der Waals surface area contributed by atoms with Crippen LogP contribution in [0.3, 0.4) is 0 Å². The minimum atomic E-state index is -0.597. The number of imide groups is 1. The summed E-state index contributed by atoms with van der Waals surface area (Å²) in [4.78, 5) is 42.2. The van der Waals surface area contributed by atoms with Crippen molar-refractivity contribution in [2.24, 2.45) is 0 Å². The molecule has 2 aromatic carbocycles. The first-order chi connectivity index (χ1) is 12.6. The molecule has 0 N–H and O–H groups in total. The summed E-state index contributed by atoms with van der Waals surface area (Å²) in [6, 6.07) is 12.6. The molecule has 0 aromatic heterocycles. The molecule has 1 fully saturated rings. The first kappa shape index (κ1) is 16.8. The Bertz CT molecular complexity index is 894. The van der Waals surface area contributed by atoms with Gasteiger partial charge in [-0.3, -0.25) is 14.4 Å². The molecule has 0 bridgehead atoms. The number of benzene rings is 2. The third-order valence-electron chi connectivity index (χ3n) is 4.94. The monoisotopic (exact) mass is 368 g/mol. The Balaban J connectivity index is 1.85. The highest BCUT2D eigenvalue weighted by molar-refractivity contribution is 6.31. The van der Waals surface area contributed by atoms with Gasteiger partial charge < -0.3 is 4.90 Å². The summed E-state index contributed by atoms with van der Waals surface area (Å²) in [5.41, 5.74) is 1.08. The van der Waals surface area contributed by atoms with E-state index in [4.69, 9.17) is 11.6 Å². The quantitative estimate of drug-likeness (QED) is 0.723. The number of para-hydroxylation sites is 1. The van der Waals surface area contributed by atoms with E-state index in [1.54, 1.807) is 53.4 Å². The topological polar surface area (TPSA) is 57.7 Å². The molecule has 0 saturated carbocycles. The molecule has 132 valence electrons. The highest BCUT2D eigenvalue weighted by Crippen LogP contribution is 2.32. The maximum atomic E-state index is 13.3. The second kappa shape index (κ2) is 6.57. The smallest absolute Gasteiger partial charge is 0.265 e. The molecule has 2 aromatic rings. The number of hydrogen-bond donors (Lipinski definition) is 0. The molecular weight excluding hydrogens is 352 g/mol. The van der Waals surface area contributed by atoms with Crippen molar-refractivity contribution >= 4 is 35.0 Å². The average molecular weight is 369 g/mol. The van der Waals surface area contributed by atoms with E-state index in [1.807, 2.05) is 0 Å². The predicted octanol–water partition coefficient (Wildman–Crippen LogP) is 3.52. The highest BCUT2D eigenvalue weighted by atomic mass is 35.5. The fraction of sp³-hybridized carbons (Fsp3) is 0.250. The Morgan fingerprint density at radius 1 is 1.00 bits per heavy atom. The summed E-state index contributed by atoms with van der Waals surface area (Å²) >= 11 is 5.91. The largest absolute Gasteiger partial charge is 0.327 e. The van der Waals surface area contributed by atoms with E-state index in [0.29, 0.717) is 34.8 Å². The van der Waals surface area contributed by atoms with Crippen LogP contribution in [0.1, 0.15) is 40.0 Å². The number of carbonyl (C=O) groups excluding carboxylic acids is 3. The van der Waals surface area contributed by atoms with Gasteiger partial charge in [-0.2, -0.15) is 0 Å². The maximum absolute atomic E-state index is 13.3. The Kier molecular flexibility index (Phi) is 4.24. The molecule has 2 heterocycles. The predicted molar refractivity (Wildman–Crippen MR) is 98.4 cm³/mol. The molecule has 3 amide bonds. The van der Waals surface area contributed by atoms with E-state index in [1.165, 1.54) is 0 Å². The van der Waals surface area contributed by atoms with Crippen LogP contribution in [0.25, 0.3) is 0 Å². The lowest BCUT2D eigenvalue weighted by atomic mass is 10.0. The van der Waals surface area contributed by atoms with Gasteiger partial charge in [-0.05, 0) is 55.7 Å². The van der Waals surface area contributed by atoms with Gasteiger partial charge in [-0.25, -0.2) is 4.90 Å². The van der Waals surface area contributed by atoms with Crippen molar-refractivity contribution < 1.29 is 14.4 Å². The number of carbonyl (C=O) groups is 3. The van der Waals surface area contributed by atoms with Gasteiger partial charge in [0.05, 0.1) is 11.3 Å². The molecule has 1 unspecified atom stereocenters. The summed E-state index contributed by atoms with van der Waals surface area (Å²) in [7, 11) is 0. The SMILES string of the molecule is O=C(c1ccc(Cl)cc1)N1C(=O)C2CCCCN2C(=O)c2ccccc21. The number of nitrogens with zero attached hydrogens (tertiary/aromatic N) is 2. The minimum absolute atomic E-state index is 0.190. The van der Waals surface area contributed by atoms with Crippen LogP contribution in [0.15, 0.2) is 48.5 Å². The first-order valence-electron chi connectivity index (χ1n) is 8.62. The van der Waals surface area contributed by atoms with Gasteiger partial charge in [0, 0.05) is 17.1 Å². The molecule has 2 aliphatic heterocycles. The van der Waals surface area contributed by atoms with Crippen LogP contribution >= 0.6 is 11.6 Å². The summed E-state index contributed by atoms with van der Waals surface area (Å²) in [6.45, 7) is 0.534. The number of piperidine rings is 1. The molecule has 2 aliphatic rings. The van der Waals surface area contributed by atoms with Crippen molar-refractivity contribution in [2.75, 3.05) is 11.4 Å². The Labute approximate surface area is 156 Å². The highest BCUT2D eigenvalue weighted by Gasteiger charge is 2.42. The molecule has 0 spiro atoms. The Morgan fingerprint density at radius 2 is 1.73 bits per heavy atom. The minimum Gasteiger partial charge on any atom is -0.327 e. The lowest BCUT2D eigenvalue weighted by Crippen LogP contribution is -2.52. The average Bonchev–Trinajstić information content (AvgIpc) is 2.76. The van der Waals surface area contributed by atoms with Gasteiger partial charge in [-0.15, -0.1) is 0 Å². The third-order valence-corrected chi connectivity index (χ3v) is 5.19. The fourth-order valence-corrected chi connectivity index (χ4v) is 3.76. The van der Waals surface area contributed by atoms with E-state index in [9.17, 15) is 14.4 Å². The standard InChI is InChI=1S/C20H17ClN2O3/c21-14-10-8-13(9-11-14)18(24)23-16-6-2-1-5-15(16)19(25)22-12-4-3-7-17(22)20(23)26/h1-2,5-6,8-11,17H,3-4,7,12H2. The summed E-state index contributed by atoms with van der Waals surface area (Å²) in [5.74, 6) is -0.979. The molecule has 0 radical (unpaired) electrons. The van der Waals surface area contributed by atoms with Crippen molar-refractivity contribution in [3.8, 4) is 0 Å². The summed E-state index contributed by atoms with van der Waals surface area (Å²) < 4.78 is 0. The molecule has 1 saturated heterocycles. The van der Waals surface area contributed by atoms with Gasteiger partial charge in [-0.1, -0.05) is 23.7 Å². The van der Waals surface area contributed by atoms with Crippen LogP contribution in [0.2, 0.25) is 5.02 Å². The van der Waals surface area contributed by atoms with Crippen LogP contribution < -0.4 is 4.90 Å². The molecule has 5 nitrogen and oxygen atoms in total. The Morgan fingerprint density at radius 3 is 2.50 bits per heavy atom. The van der Waals surface area contributed by atoms with Crippen LogP contribution in [-0.2, 0) is 4.79 Å². The third kappa shape index (κ3) is 2.69. The second-order valence-electron chi connectivity index (χ2n) is 6.51. The number of rotatable bonds is 1. The number of amides is 3. The van der Waals surface area contributed by atoms with Crippen molar-refractivity contribution in [2.45, 2.75) is 25.3 Å². The van der Waals surface area contributed by atoms with E-state index in [2.05, 4.69) is 0 Å². The van der Waals surface area contributed by atoms with Crippen molar-refractivity contribution in [3.05, 3.63) is 64.7 Å². The first-order valence-corrected chi connectivity index (χ1v) is 8.99. The van der Waals surface area contributed by atoms with Gasteiger partial charge in [0.15, 0.2) is 0 Å². The molecular formula is C20H17ClN2O3. The summed E-state index contributed by atoms with van der Waals surface area (Å²) in [5, 5.41) is 0.512. The zero-order valence-electron chi connectivity index (χ0n) is 14.0. The van der Waals surface area contributed by atoms with Gasteiger partial charge in [0.2, 0.25) is 0 Å². The van der Waals surface area contributed by atoms with Crippen LogP contribution in [0.4, 0.5) is 5.69 Å². The van der Waals surface area contributed by atoms with Crippen LogP contribution in [0.5, 0.6) is 0 Å². The van der Waals surface area contributed by atoms with Crippen molar-refractivity contribution in [3.63, 3.8) is 0 Å². The van der Waals surface area contributed by atoms with E-state index >= 15 is 0 Å². The lowest BCUT2D eigenvalue weighted by molar-refractivity contribution is -0.123. The summed E-state index contributed by atoms with van der Waals surface area (Å²) in [6.07, 6.45) is 2.30. The van der Waals surface area contributed by atoms with Crippen LogP contribution in [0, 0.1) is 0 Å². The number of hydrogen-bond acceptors (Lipinski definition) is 3. The zero-order chi connectivity index (χ0) is 18.3. The molecule has 1 atom stereocenters. The Hall–Kier alpha value is -2.66. The van der Waals surface area contributed by atoms with Crippen molar-refractivity contribution in [1.82, 2.24) is 4.90 Å². The van der Waals surface area contributed by atoms with Crippen LogP contribution in [-0.4, -0.2) is 35.2 Å². The van der Waals surface area contributed by atoms with Crippen molar-refractivity contribution in [1.29, 1.82) is 0 Å². The molecule has 26 heavy (non-hydrogen) atoms. The number of anilines is 1. The van der Waals surface area contributed by atoms with E-state index in [-0.39, 0.29) is 11.8 Å². The second-order valence-corrected chi connectivity index (χ2v) is 6.95. The number of fused-ring (bicyclic) bond motifs is 2. The molecule has 4 rings (SSSR count). The normalized spacial score (nSPS) is 19.7. The maximum Gasteiger partial charge on any atom is 0.265 e. The van der Waals surface area contributed by atoms with E-state index < -0.39 is 11.9 Å². The fourth-order valence-electron chi connectivity index (χ4n) is 3.63. The lowest BCUT2D eigenvalue weighted by Gasteiger charge is -2.34. The van der Waals surface area contributed by atoms with Gasteiger partial charge in [0.25, 0.3) is 17.7 Å². The van der Waals surface area contributed by atoms with Gasteiger partial charge >= 0.3 is 0 Å². The van der Waals surface area contributed by atoms with Gasteiger partial charge in [0.1, 0.15) is 6.04 Å². The van der Waals surface area contributed by atoms with E-state index in [0.717, 1.165) is 17.7 Å². The molecule has 6 heteroatoms. The molecule has 0 aliphatic carbocycles.